The monoisotopic (exact) mass is 320 g/mol. The maximum atomic E-state index is 12.3. The first-order valence-corrected chi connectivity index (χ1v) is 9.11. The van der Waals surface area contributed by atoms with Crippen LogP contribution in [0.3, 0.4) is 0 Å². The predicted octanol–water partition coefficient (Wildman–Crippen LogP) is 2.79. The fourth-order valence-electron chi connectivity index (χ4n) is 3.16. The van der Waals surface area contributed by atoms with E-state index < -0.39 is 0 Å². The number of Topliss-reactive ketones (excluding diaryl/α,β-unsaturated/α-hetero) is 1. The molecule has 1 saturated heterocycles. The fraction of sp³-hybridized carbons (Fsp3) is 0.647. The molecule has 1 amide bonds. The SMILES string of the molecule is CC(=O)c1cc(CN2CCCN(C(=O)C3CCC3)CC2)cs1. The molecule has 120 valence electrons. The van der Waals surface area contributed by atoms with Crippen LogP contribution in [0.4, 0.5) is 0 Å². The Bertz CT molecular complexity index is 551. The van der Waals surface area contributed by atoms with Gasteiger partial charge >= 0.3 is 0 Å². The zero-order valence-electron chi connectivity index (χ0n) is 13.2. The Labute approximate surface area is 136 Å². The maximum absolute atomic E-state index is 12.3. The Hall–Kier alpha value is -1.20. The molecule has 1 aliphatic carbocycles. The highest BCUT2D eigenvalue weighted by Gasteiger charge is 2.30. The number of rotatable bonds is 4. The summed E-state index contributed by atoms with van der Waals surface area (Å²) in [7, 11) is 0. The molecule has 5 heteroatoms. The van der Waals surface area contributed by atoms with E-state index in [1.54, 1.807) is 6.92 Å². The molecular formula is C17H24N2O2S. The Morgan fingerprint density at radius 1 is 1.18 bits per heavy atom. The van der Waals surface area contributed by atoms with Gasteiger partial charge in [0.15, 0.2) is 5.78 Å². The lowest BCUT2D eigenvalue weighted by molar-refractivity contribution is -0.138. The van der Waals surface area contributed by atoms with Crippen LogP contribution in [0.15, 0.2) is 11.4 Å². The van der Waals surface area contributed by atoms with Crippen molar-refractivity contribution in [1.82, 2.24) is 9.80 Å². The normalized spacial score (nSPS) is 20.5. The van der Waals surface area contributed by atoms with Crippen LogP contribution in [0.5, 0.6) is 0 Å². The molecule has 2 aliphatic rings. The van der Waals surface area contributed by atoms with Crippen molar-refractivity contribution in [2.45, 2.75) is 39.2 Å². The second-order valence-electron chi connectivity index (χ2n) is 6.46. The van der Waals surface area contributed by atoms with Gasteiger partial charge in [-0.15, -0.1) is 11.3 Å². The average Bonchev–Trinajstić information content (AvgIpc) is 2.76. The summed E-state index contributed by atoms with van der Waals surface area (Å²) in [5, 5.41) is 2.08. The van der Waals surface area contributed by atoms with Gasteiger partial charge in [-0.1, -0.05) is 6.42 Å². The Balaban J connectivity index is 1.53. The number of thiophene rings is 1. The van der Waals surface area contributed by atoms with Gasteiger partial charge in [0.25, 0.3) is 0 Å². The third-order valence-corrected chi connectivity index (χ3v) is 5.84. The molecule has 0 N–H and O–H groups in total. The molecule has 3 rings (SSSR count). The third kappa shape index (κ3) is 3.58. The first-order valence-electron chi connectivity index (χ1n) is 8.23. The van der Waals surface area contributed by atoms with Crippen molar-refractivity contribution in [1.29, 1.82) is 0 Å². The largest absolute Gasteiger partial charge is 0.341 e. The molecule has 1 aromatic heterocycles. The highest BCUT2D eigenvalue weighted by Crippen LogP contribution is 2.28. The summed E-state index contributed by atoms with van der Waals surface area (Å²) in [5.74, 6) is 0.827. The maximum Gasteiger partial charge on any atom is 0.225 e. The standard InChI is InChI=1S/C17H24N2O2S/c1-13(20)16-10-14(12-22-16)11-18-6-3-7-19(9-8-18)17(21)15-4-2-5-15/h10,12,15H,2-9,11H2,1H3. The molecule has 0 aromatic carbocycles. The summed E-state index contributed by atoms with van der Waals surface area (Å²) in [6.45, 7) is 6.21. The lowest BCUT2D eigenvalue weighted by atomic mass is 9.84. The molecule has 0 atom stereocenters. The molecule has 0 spiro atoms. The number of carbonyl (C=O) groups is 2. The van der Waals surface area contributed by atoms with Crippen LogP contribution in [0.25, 0.3) is 0 Å². The quantitative estimate of drug-likeness (QED) is 0.801. The highest BCUT2D eigenvalue weighted by molar-refractivity contribution is 7.12. The van der Waals surface area contributed by atoms with Gasteiger partial charge in [-0.25, -0.2) is 0 Å². The van der Waals surface area contributed by atoms with Crippen molar-refractivity contribution >= 4 is 23.0 Å². The molecule has 22 heavy (non-hydrogen) atoms. The van der Waals surface area contributed by atoms with E-state index in [1.165, 1.54) is 23.3 Å². The van der Waals surface area contributed by atoms with E-state index >= 15 is 0 Å². The first kappa shape index (κ1) is 15.7. The van der Waals surface area contributed by atoms with Crippen molar-refractivity contribution in [3.05, 3.63) is 21.9 Å². The Morgan fingerprint density at radius 2 is 2.00 bits per heavy atom. The number of hydrogen-bond donors (Lipinski definition) is 0. The molecular weight excluding hydrogens is 296 g/mol. The minimum absolute atomic E-state index is 0.143. The smallest absolute Gasteiger partial charge is 0.225 e. The van der Waals surface area contributed by atoms with E-state index in [9.17, 15) is 9.59 Å². The molecule has 4 nitrogen and oxygen atoms in total. The van der Waals surface area contributed by atoms with Gasteiger partial charge in [0.05, 0.1) is 4.88 Å². The molecule has 1 saturated carbocycles. The summed E-state index contributed by atoms with van der Waals surface area (Å²) in [4.78, 5) is 29.0. The highest BCUT2D eigenvalue weighted by atomic mass is 32.1. The zero-order chi connectivity index (χ0) is 15.5. The van der Waals surface area contributed by atoms with Crippen molar-refractivity contribution < 1.29 is 9.59 Å². The van der Waals surface area contributed by atoms with E-state index in [2.05, 4.69) is 15.2 Å². The summed E-state index contributed by atoms with van der Waals surface area (Å²) in [6.07, 6.45) is 4.43. The topological polar surface area (TPSA) is 40.6 Å². The number of hydrogen-bond acceptors (Lipinski definition) is 4. The molecule has 0 unspecified atom stereocenters. The first-order chi connectivity index (χ1) is 10.6. The molecule has 2 fully saturated rings. The molecule has 1 aromatic rings. The van der Waals surface area contributed by atoms with E-state index in [1.807, 2.05) is 6.07 Å². The molecule has 2 heterocycles. The third-order valence-electron chi connectivity index (χ3n) is 4.76. The van der Waals surface area contributed by atoms with E-state index in [0.717, 1.165) is 56.9 Å². The van der Waals surface area contributed by atoms with Gasteiger partial charge in [-0.2, -0.15) is 0 Å². The van der Waals surface area contributed by atoms with E-state index in [4.69, 9.17) is 0 Å². The minimum Gasteiger partial charge on any atom is -0.341 e. The summed E-state index contributed by atoms with van der Waals surface area (Å²) >= 11 is 1.53. The van der Waals surface area contributed by atoms with Gasteiger partial charge in [-0.05, 0) is 43.2 Å². The fourth-order valence-corrected chi connectivity index (χ4v) is 3.97. The van der Waals surface area contributed by atoms with Gasteiger partial charge in [0.2, 0.25) is 5.91 Å². The summed E-state index contributed by atoms with van der Waals surface area (Å²) in [6, 6.07) is 2.01. The van der Waals surface area contributed by atoms with Crippen molar-refractivity contribution in [3.8, 4) is 0 Å². The average molecular weight is 320 g/mol. The molecule has 1 aliphatic heterocycles. The van der Waals surface area contributed by atoms with Crippen LogP contribution in [0.1, 0.15) is 47.8 Å². The van der Waals surface area contributed by atoms with E-state index in [0.29, 0.717) is 11.8 Å². The Kier molecular flexibility index (Phi) is 4.93. The number of amides is 1. The lowest BCUT2D eigenvalue weighted by Crippen LogP contribution is -2.41. The number of carbonyl (C=O) groups excluding carboxylic acids is 2. The van der Waals surface area contributed by atoms with E-state index in [-0.39, 0.29) is 5.78 Å². The van der Waals surface area contributed by atoms with Gasteiger partial charge in [0.1, 0.15) is 0 Å². The van der Waals surface area contributed by atoms with Crippen molar-refractivity contribution in [2.24, 2.45) is 5.92 Å². The van der Waals surface area contributed by atoms with Gasteiger partial charge in [-0.3, -0.25) is 14.5 Å². The van der Waals surface area contributed by atoms with Crippen molar-refractivity contribution in [3.63, 3.8) is 0 Å². The van der Waals surface area contributed by atoms with Crippen molar-refractivity contribution in [2.75, 3.05) is 26.2 Å². The lowest BCUT2D eigenvalue weighted by Gasteiger charge is -2.31. The van der Waals surface area contributed by atoms with Crippen LogP contribution in [0.2, 0.25) is 0 Å². The van der Waals surface area contributed by atoms with Crippen LogP contribution < -0.4 is 0 Å². The predicted molar refractivity (Wildman–Crippen MR) is 88.1 cm³/mol. The molecule has 0 bridgehead atoms. The zero-order valence-corrected chi connectivity index (χ0v) is 14.0. The van der Waals surface area contributed by atoms with Crippen LogP contribution in [0, 0.1) is 5.92 Å². The summed E-state index contributed by atoms with van der Waals surface area (Å²) in [5.41, 5.74) is 1.22. The number of ketones is 1. The second kappa shape index (κ2) is 6.92. The van der Waals surface area contributed by atoms with Crippen LogP contribution >= 0.6 is 11.3 Å². The van der Waals surface area contributed by atoms with Gasteiger partial charge in [0, 0.05) is 38.6 Å². The van der Waals surface area contributed by atoms with Crippen LogP contribution in [-0.4, -0.2) is 47.7 Å². The Morgan fingerprint density at radius 3 is 2.64 bits per heavy atom. The minimum atomic E-state index is 0.143. The second-order valence-corrected chi connectivity index (χ2v) is 7.37. The van der Waals surface area contributed by atoms with Gasteiger partial charge < -0.3 is 4.90 Å². The summed E-state index contributed by atoms with van der Waals surface area (Å²) < 4.78 is 0. The molecule has 0 radical (unpaired) electrons. The van der Waals surface area contributed by atoms with Crippen LogP contribution in [-0.2, 0) is 11.3 Å². The number of nitrogens with zero attached hydrogens (tertiary/aromatic N) is 2.